The van der Waals surface area contributed by atoms with Gasteiger partial charge in [0.2, 0.25) is 0 Å². The number of hydrogen-bond acceptors (Lipinski definition) is 3. The van der Waals surface area contributed by atoms with Crippen LogP contribution in [0.15, 0.2) is 22.8 Å². The van der Waals surface area contributed by atoms with E-state index in [-0.39, 0.29) is 0 Å². The SMILES string of the molecule is CC1CCC(CN)C(N(C)Cc2ccco2)C1. The minimum atomic E-state index is 0.605. The maximum absolute atomic E-state index is 5.90. The normalized spacial score (nSPS) is 29.8. The molecule has 0 aliphatic heterocycles. The van der Waals surface area contributed by atoms with Gasteiger partial charge >= 0.3 is 0 Å². The first-order valence-corrected chi connectivity index (χ1v) is 6.63. The second-order valence-electron chi connectivity index (χ2n) is 5.48. The van der Waals surface area contributed by atoms with E-state index in [1.165, 1.54) is 19.3 Å². The summed E-state index contributed by atoms with van der Waals surface area (Å²) in [7, 11) is 2.19. The van der Waals surface area contributed by atoms with E-state index in [2.05, 4.69) is 18.9 Å². The fourth-order valence-electron chi connectivity index (χ4n) is 2.99. The first-order chi connectivity index (χ1) is 8.20. The Morgan fingerprint density at radius 2 is 2.29 bits per heavy atom. The molecule has 0 aromatic carbocycles. The minimum Gasteiger partial charge on any atom is -0.468 e. The zero-order valence-corrected chi connectivity index (χ0v) is 10.9. The molecule has 1 heterocycles. The lowest BCUT2D eigenvalue weighted by atomic mass is 9.78. The van der Waals surface area contributed by atoms with Gasteiger partial charge in [-0.2, -0.15) is 0 Å². The van der Waals surface area contributed by atoms with E-state index in [9.17, 15) is 0 Å². The van der Waals surface area contributed by atoms with Gasteiger partial charge in [-0.25, -0.2) is 0 Å². The highest BCUT2D eigenvalue weighted by Crippen LogP contribution is 2.31. The number of nitrogens with two attached hydrogens (primary N) is 1. The van der Waals surface area contributed by atoms with Gasteiger partial charge in [0.15, 0.2) is 0 Å². The van der Waals surface area contributed by atoms with Crippen LogP contribution in [-0.4, -0.2) is 24.5 Å². The molecule has 0 saturated heterocycles. The molecule has 3 heteroatoms. The predicted molar refractivity (Wildman–Crippen MR) is 69.5 cm³/mol. The molecule has 17 heavy (non-hydrogen) atoms. The number of hydrogen-bond donors (Lipinski definition) is 1. The molecule has 1 fully saturated rings. The van der Waals surface area contributed by atoms with Crippen LogP contribution in [0.2, 0.25) is 0 Å². The van der Waals surface area contributed by atoms with Crippen LogP contribution in [0.3, 0.4) is 0 Å². The van der Waals surface area contributed by atoms with Gasteiger partial charge in [-0.15, -0.1) is 0 Å². The van der Waals surface area contributed by atoms with Crippen molar-refractivity contribution in [2.24, 2.45) is 17.6 Å². The third-order valence-electron chi connectivity index (χ3n) is 4.07. The second-order valence-corrected chi connectivity index (χ2v) is 5.48. The van der Waals surface area contributed by atoms with Gasteiger partial charge in [-0.05, 0) is 50.4 Å². The van der Waals surface area contributed by atoms with Crippen LogP contribution >= 0.6 is 0 Å². The zero-order valence-electron chi connectivity index (χ0n) is 10.9. The number of rotatable bonds is 4. The minimum absolute atomic E-state index is 0.605. The molecule has 2 rings (SSSR count). The van der Waals surface area contributed by atoms with Crippen molar-refractivity contribution in [3.05, 3.63) is 24.2 Å². The van der Waals surface area contributed by atoms with Crippen molar-refractivity contribution in [1.82, 2.24) is 4.90 Å². The van der Waals surface area contributed by atoms with E-state index in [1.807, 2.05) is 12.1 Å². The van der Waals surface area contributed by atoms with Crippen LogP contribution < -0.4 is 5.73 Å². The van der Waals surface area contributed by atoms with Gasteiger partial charge in [0.05, 0.1) is 12.8 Å². The lowest BCUT2D eigenvalue weighted by Gasteiger charge is -2.39. The van der Waals surface area contributed by atoms with Gasteiger partial charge in [-0.3, -0.25) is 4.90 Å². The first-order valence-electron chi connectivity index (χ1n) is 6.63. The van der Waals surface area contributed by atoms with Crippen LogP contribution in [0.5, 0.6) is 0 Å². The Kier molecular flexibility index (Phi) is 4.24. The molecule has 2 N–H and O–H groups in total. The first kappa shape index (κ1) is 12.7. The number of furan rings is 1. The molecule has 1 saturated carbocycles. The summed E-state index contributed by atoms with van der Waals surface area (Å²) in [6.07, 6.45) is 5.60. The molecular formula is C14H24N2O. The quantitative estimate of drug-likeness (QED) is 0.873. The van der Waals surface area contributed by atoms with Gasteiger partial charge in [0, 0.05) is 6.04 Å². The predicted octanol–water partition coefficient (Wildman–Crippen LogP) is 2.47. The highest BCUT2D eigenvalue weighted by molar-refractivity contribution is 4.99. The molecule has 96 valence electrons. The topological polar surface area (TPSA) is 42.4 Å². The smallest absolute Gasteiger partial charge is 0.117 e. The van der Waals surface area contributed by atoms with E-state index in [0.29, 0.717) is 12.0 Å². The molecular weight excluding hydrogens is 212 g/mol. The summed E-state index contributed by atoms with van der Waals surface area (Å²) < 4.78 is 5.42. The van der Waals surface area contributed by atoms with Crippen LogP contribution in [0.25, 0.3) is 0 Å². The largest absolute Gasteiger partial charge is 0.468 e. The molecule has 1 aromatic rings. The third kappa shape index (κ3) is 3.11. The van der Waals surface area contributed by atoms with Crippen molar-refractivity contribution in [1.29, 1.82) is 0 Å². The highest BCUT2D eigenvalue weighted by atomic mass is 16.3. The molecule has 0 spiro atoms. The van der Waals surface area contributed by atoms with Gasteiger partial charge < -0.3 is 10.2 Å². The summed E-state index contributed by atoms with van der Waals surface area (Å²) in [6, 6.07) is 4.60. The Morgan fingerprint density at radius 1 is 1.47 bits per heavy atom. The lowest BCUT2D eigenvalue weighted by Crippen LogP contribution is -2.44. The summed E-state index contributed by atoms with van der Waals surface area (Å²) in [5.41, 5.74) is 5.90. The van der Waals surface area contributed by atoms with Crippen LogP contribution in [0.1, 0.15) is 31.9 Å². The Hall–Kier alpha value is -0.800. The molecule has 0 radical (unpaired) electrons. The van der Waals surface area contributed by atoms with Crippen LogP contribution in [0.4, 0.5) is 0 Å². The molecule has 3 atom stereocenters. The molecule has 1 aliphatic rings. The van der Waals surface area contributed by atoms with Crippen molar-refractivity contribution in [3.63, 3.8) is 0 Å². The van der Waals surface area contributed by atoms with E-state index in [1.54, 1.807) is 6.26 Å². The van der Waals surface area contributed by atoms with Crippen molar-refractivity contribution in [2.75, 3.05) is 13.6 Å². The van der Waals surface area contributed by atoms with Crippen LogP contribution in [-0.2, 0) is 6.54 Å². The van der Waals surface area contributed by atoms with Gasteiger partial charge in [0.25, 0.3) is 0 Å². The summed E-state index contributed by atoms with van der Waals surface area (Å²) in [4.78, 5) is 2.41. The summed E-state index contributed by atoms with van der Waals surface area (Å²) in [5, 5.41) is 0. The van der Waals surface area contributed by atoms with E-state index >= 15 is 0 Å². The Balaban J connectivity index is 1.97. The summed E-state index contributed by atoms with van der Waals surface area (Å²) in [6.45, 7) is 4.04. The molecule has 1 aromatic heterocycles. The average molecular weight is 236 g/mol. The summed E-state index contributed by atoms with van der Waals surface area (Å²) >= 11 is 0. The fourth-order valence-corrected chi connectivity index (χ4v) is 2.99. The maximum atomic E-state index is 5.90. The monoisotopic (exact) mass is 236 g/mol. The van der Waals surface area contributed by atoms with E-state index < -0.39 is 0 Å². The van der Waals surface area contributed by atoms with Crippen molar-refractivity contribution >= 4 is 0 Å². The molecule has 0 amide bonds. The molecule has 1 aliphatic carbocycles. The van der Waals surface area contributed by atoms with Crippen molar-refractivity contribution in [3.8, 4) is 0 Å². The van der Waals surface area contributed by atoms with E-state index in [4.69, 9.17) is 10.2 Å². The second kappa shape index (κ2) is 5.69. The fraction of sp³-hybridized carbons (Fsp3) is 0.714. The van der Waals surface area contributed by atoms with Crippen LogP contribution in [0, 0.1) is 11.8 Å². The Morgan fingerprint density at radius 3 is 2.94 bits per heavy atom. The molecule has 3 unspecified atom stereocenters. The summed E-state index contributed by atoms with van der Waals surface area (Å²) in [5.74, 6) is 2.51. The Bertz CT molecular complexity index is 323. The zero-order chi connectivity index (χ0) is 12.3. The number of nitrogens with zero attached hydrogens (tertiary/aromatic N) is 1. The van der Waals surface area contributed by atoms with Gasteiger partial charge in [-0.1, -0.05) is 13.3 Å². The van der Waals surface area contributed by atoms with E-state index in [0.717, 1.165) is 24.8 Å². The van der Waals surface area contributed by atoms with Gasteiger partial charge in [0.1, 0.15) is 5.76 Å². The standard InChI is InChI=1S/C14H24N2O/c1-11-5-6-12(9-15)14(8-11)16(2)10-13-4-3-7-17-13/h3-4,7,11-12,14H,5-6,8-10,15H2,1-2H3. The van der Waals surface area contributed by atoms with Crippen molar-refractivity contribution in [2.45, 2.75) is 38.8 Å². The molecule has 3 nitrogen and oxygen atoms in total. The third-order valence-corrected chi connectivity index (χ3v) is 4.07. The maximum Gasteiger partial charge on any atom is 0.117 e. The lowest BCUT2D eigenvalue weighted by molar-refractivity contribution is 0.0971. The Labute approximate surface area is 104 Å². The van der Waals surface area contributed by atoms with Crippen molar-refractivity contribution < 1.29 is 4.42 Å². The average Bonchev–Trinajstić information content (AvgIpc) is 2.81. The molecule has 0 bridgehead atoms. The highest BCUT2D eigenvalue weighted by Gasteiger charge is 2.30.